The maximum Gasteiger partial charge on any atom is 0.231 e. The van der Waals surface area contributed by atoms with Crippen LogP contribution in [-0.4, -0.2) is 12.8 Å². The maximum atomic E-state index is 5.43. The van der Waals surface area contributed by atoms with E-state index >= 15 is 0 Å². The van der Waals surface area contributed by atoms with Crippen molar-refractivity contribution < 1.29 is 9.47 Å². The molecule has 1 aliphatic heterocycles. The molecule has 1 fully saturated rings. The van der Waals surface area contributed by atoms with Gasteiger partial charge in [-0.1, -0.05) is 6.92 Å². The average molecular weight is 312 g/mol. The first-order valence-corrected chi connectivity index (χ1v) is 7.33. The third-order valence-corrected chi connectivity index (χ3v) is 4.37. The summed E-state index contributed by atoms with van der Waals surface area (Å²) in [7, 11) is 0. The first-order chi connectivity index (χ1) is 8.72. The minimum Gasteiger partial charge on any atom is -0.454 e. The van der Waals surface area contributed by atoms with Gasteiger partial charge in [0.2, 0.25) is 6.79 Å². The van der Waals surface area contributed by atoms with Crippen molar-refractivity contribution in [3.8, 4) is 11.5 Å². The van der Waals surface area contributed by atoms with Crippen LogP contribution in [0.15, 0.2) is 16.6 Å². The van der Waals surface area contributed by atoms with E-state index in [9.17, 15) is 0 Å². The minimum absolute atomic E-state index is 0.324. The smallest absolute Gasteiger partial charge is 0.231 e. The molecular formula is C14H18BrNO2. The van der Waals surface area contributed by atoms with Gasteiger partial charge in [0, 0.05) is 12.6 Å². The van der Waals surface area contributed by atoms with E-state index in [2.05, 4.69) is 40.3 Å². The second kappa shape index (κ2) is 5.10. The van der Waals surface area contributed by atoms with Crippen molar-refractivity contribution in [3.05, 3.63) is 22.2 Å². The van der Waals surface area contributed by atoms with Gasteiger partial charge in [-0.05, 0) is 58.8 Å². The highest BCUT2D eigenvalue weighted by molar-refractivity contribution is 9.10. The summed E-state index contributed by atoms with van der Waals surface area (Å²) in [6.07, 6.45) is 3.95. The van der Waals surface area contributed by atoms with Crippen LogP contribution < -0.4 is 14.8 Å². The molecule has 0 saturated heterocycles. The van der Waals surface area contributed by atoms with E-state index in [-0.39, 0.29) is 0 Å². The molecule has 4 heteroatoms. The Hall–Kier alpha value is -0.740. The lowest BCUT2D eigenvalue weighted by atomic mass is 10.1. The molecule has 2 unspecified atom stereocenters. The molecule has 2 aliphatic rings. The molecule has 3 nitrogen and oxygen atoms in total. The van der Waals surface area contributed by atoms with Crippen LogP contribution in [0.1, 0.15) is 31.7 Å². The molecular weight excluding hydrogens is 294 g/mol. The van der Waals surface area contributed by atoms with Gasteiger partial charge in [0.1, 0.15) is 0 Å². The van der Waals surface area contributed by atoms with Gasteiger partial charge in [-0.15, -0.1) is 0 Å². The van der Waals surface area contributed by atoms with Crippen LogP contribution in [0.3, 0.4) is 0 Å². The molecule has 1 aliphatic carbocycles. The third kappa shape index (κ3) is 2.50. The third-order valence-electron chi connectivity index (χ3n) is 3.78. The highest BCUT2D eigenvalue weighted by atomic mass is 79.9. The molecule has 98 valence electrons. The van der Waals surface area contributed by atoms with Crippen LogP contribution in [0, 0.1) is 5.92 Å². The first kappa shape index (κ1) is 12.3. The van der Waals surface area contributed by atoms with Gasteiger partial charge in [-0.25, -0.2) is 0 Å². The quantitative estimate of drug-likeness (QED) is 0.927. The van der Waals surface area contributed by atoms with Crippen molar-refractivity contribution in [1.29, 1.82) is 0 Å². The van der Waals surface area contributed by atoms with Gasteiger partial charge in [-0.2, -0.15) is 0 Å². The van der Waals surface area contributed by atoms with Crippen LogP contribution in [0.5, 0.6) is 11.5 Å². The van der Waals surface area contributed by atoms with Crippen molar-refractivity contribution in [2.75, 3.05) is 6.79 Å². The standard InChI is InChI=1S/C14H18BrNO2/c1-9-2-3-11(4-9)16-7-10-5-12(15)14-13(6-10)17-8-18-14/h5-6,9,11,16H,2-4,7-8H2,1H3. The zero-order chi connectivity index (χ0) is 12.5. The zero-order valence-electron chi connectivity index (χ0n) is 10.5. The molecule has 3 rings (SSSR count). The molecule has 2 atom stereocenters. The molecule has 1 heterocycles. The molecule has 1 aromatic carbocycles. The molecule has 0 spiro atoms. The second-order valence-corrected chi connectivity index (χ2v) is 6.16. The van der Waals surface area contributed by atoms with Crippen LogP contribution in [0.4, 0.5) is 0 Å². The number of halogens is 1. The molecule has 0 radical (unpaired) electrons. The van der Waals surface area contributed by atoms with Crippen molar-refractivity contribution >= 4 is 15.9 Å². The fourth-order valence-corrected chi connectivity index (χ4v) is 3.38. The predicted octanol–water partition coefficient (Wildman–Crippen LogP) is 3.46. The van der Waals surface area contributed by atoms with Crippen molar-refractivity contribution in [2.24, 2.45) is 5.92 Å². The summed E-state index contributed by atoms with van der Waals surface area (Å²) in [4.78, 5) is 0. The number of rotatable bonds is 3. The average Bonchev–Trinajstić information content (AvgIpc) is 2.95. The SMILES string of the molecule is CC1CCC(NCc2cc(Br)c3c(c2)OCO3)C1. The molecule has 0 amide bonds. The Morgan fingerprint density at radius 2 is 2.22 bits per heavy atom. The van der Waals surface area contributed by atoms with E-state index < -0.39 is 0 Å². The molecule has 0 aromatic heterocycles. The Balaban J connectivity index is 1.65. The van der Waals surface area contributed by atoms with Crippen molar-refractivity contribution in [1.82, 2.24) is 5.32 Å². The van der Waals surface area contributed by atoms with E-state index in [0.29, 0.717) is 12.8 Å². The van der Waals surface area contributed by atoms with Gasteiger partial charge in [0.05, 0.1) is 4.47 Å². The van der Waals surface area contributed by atoms with E-state index in [0.717, 1.165) is 28.4 Å². The largest absolute Gasteiger partial charge is 0.454 e. The summed E-state index contributed by atoms with van der Waals surface area (Å²) in [5.74, 6) is 2.54. The van der Waals surface area contributed by atoms with E-state index in [1.165, 1.54) is 24.8 Å². The Kier molecular flexibility index (Phi) is 3.48. The zero-order valence-corrected chi connectivity index (χ0v) is 12.1. The topological polar surface area (TPSA) is 30.5 Å². The van der Waals surface area contributed by atoms with Gasteiger partial charge in [0.25, 0.3) is 0 Å². The maximum absolute atomic E-state index is 5.43. The summed E-state index contributed by atoms with van der Waals surface area (Å²) in [6.45, 7) is 3.55. The number of hydrogen-bond donors (Lipinski definition) is 1. The summed E-state index contributed by atoms with van der Waals surface area (Å²) in [6, 6.07) is 4.85. The Morgan fingerprint density at radius 3 is 3.00 bits per heavy atom. The fraction of sp³-hybridized carbons (Fsp3) is 0.571. The summed E-state index contributed by atoms with van der Waals surface area (Å²) < 4.78 is 11.8. The van der Waals surface area contributed by atoms with Crippen LogP contribution >= 0.6 is 15.9 Å². The Bertz CT molecular complexity index is 450. The molecule has 1 aromatic rings. The van der Waals surface area contributed by atoms with Gasteiger partial charge in [-0.3, -0.25) is 0 Å². The number of nitrogens with one attached hydrogen (secondary N) is 1. The lowest BCUT2D eigenvalue weighted by Crippen LogP contribution is -2.25. The van der Waals surface area contributed by atoms with Gasteiger partial charge >= 0.3 is 0 Å². The number of ether oxygens (including phenoxy) is 2. The van der Waals surface area contributed by atoms with E-state index in [4.69, 9.17) is 9.47 Å². The fourth-order valence-electron chi connectivity index (χ4n) is 2.78. The lowest BCUT2D eigenvalue weighted by Gasteiger charge is -2.13. The lowest BCUT2D eigenvalue weighted by molar-refractivity contribution is 0.173. The normalized spacial score (nSPS) is 25.7. The second-order valence-electron chi connectivity index (χ2n) is 5.31. The Labute approximate surface area is 116 Å². The van der Waals surface area contributed by atoms with Crippen LogP contribution in [0.2, 0.25) is 0 Å². The Morgan fingerprint density at radius 1 is 1.33 bits per heavy atom. The molecule has 1 saturated carbocycles. The molecule has 18 heavy (non-hydrogen) atoms. The highest BCUT2D eigenvalue weighted by Crippen LogP contribution is 2.40. The first-order valence-electron chi connectivity index (χ1n) is 6.54. The monoisotopic (exact) mass is 311 g/mol. The van der Waals surface area contributed by atoms with Crippen molar-refractivity contribution in [2.45, 2.75) is 38.8 Å². The summed E-state index contributed by atoms with van der Waals surface area (Å²) in [5.41, 5.74) is 1.24. The minimum atomic E-state index is 0.324. The number of benzene rings is 1. The molecule has 1 N–H and O–H groups in total. The van der Waals surface area contributed by atoms with E-state index in [1.807, 2.05) is 0 Å². The van der Waals surface area contributed by atoms with Gasteiger partial charge < -0.3 is 14.8 Å². The molecule has 0 bridgehead atoms. The van der Waals surface area contributed by atoms with Crippen LogP contribution in [-0.2, 0) is 6.54 Å². The number of fused-ring (bicyclic) bond motifs is 1. The van der Waals surface area contributed by atoms with Crippen LogP contribution in [0.25, 0.3) is 0 Å². The van der Waals surface area contributed by atoms with Crippen molar-refractivity contribution in [3.63, 3.8) is 0 Å². The predicted molar refractivity (Wildman–Crippen MR) is 73.9 cm³/mol. The summed E-state index contributed by atoms with van der Waals surface area (Å²) >= 11 is 3.53. The van der Waals surface area contributed by atoms with E-state index in [1.54, 1.807) is 0 Å². The number of hydrogen-bond acceptors (Lipinski definition) is 3. The highest BCUT2D eigenvalue weighted by Gasteiger charge is 2.21. The summed E-state index contributed by atoms with van der Waals surface area (Å²) in [5, 5.41) is 3.63. The van der Waals surface area contributed by atoms with Gasteiger partial charge in [0.15, 0.2) is 11.5 Å².